The Hall–Kier alpha value is -4.18. The number of carbonyl (C=O) groups is 4. The molecule has 3 aromatic rings. The first kappa shape index (κ1) is 29.4. The molecule has 0 aliphatic carbocycles. The molecule has 208 valence electrons. The van der Waals surface area contributed by atoms with Crippen molar-refractivity contribution in [3.8, 4) is 0 Å². The van der Waals surface area contributed by atoms with Gasteiger partial charge in [0.2, 0.25) is 17.7 Å². The van der Waals surface area contributed by atoms with Crippen LogP contribution in [0.15, 0.2) is 60.7 Å². The van der Waals surface area contributed by atoms with Crippen LogP contribution in [-0.2, 0) is 36.8 Å². The number of ether oxygens (including phenoxy) is 1. The minimum Gasteiger partial charge on any atom is -0.467 e. The van der Waals surface area contributed by atoms with Gasteiger partial charge in [-0.3, -0.25) is 14.4 Å². The highest BCUT2D eigenvalue weighted by molar-refractivity contribution is 5.92. The molecule has 10 heteroatoms. The number of hydrogen-bond donors (Lipinski definition) is 5. The number of H-pyrrole nitrogens is 1. The van der Waals surface area contributed by atoms with Gasteiger partial charge < -0.3 is 30.8 Å². The van der Waals surface area contributed by atoms with Crippen molar-refractivity contribution >= 4 is 34.6 Å². The zero-order valence-electron chi connectivity index (χ0n) is 22.6. The molecule has 0 fully saturated rings. The number of para-hydroxylation sites is 1. The molecule has 4 atom stereocenters. The molecule has 0 radical (unpaired) electrons. The van der Waals surface area contributed by atoms with Crippen molar-refractivity contribution in [3.63, 3.8) is 0 Å². The molecule has 1 heterocycles. The minimum atomic E-state index is -1.61. The van der Waals surface area contributed by atoms with Crippen molar-refractivity contribution in [2.75, 3.05) is 7.11 Å². The van der Waals surface area contributed by atoms with Crippen molar-refractivity contribution in [3.05, 3.63) is 71.9 Å². The van der Waals surface area contributed by atoms with Gasteiger partial charge in [0.15, 0.2) is 6.10 Å². The first-order valence-corrected chi connectivity index (χ1v) is 12.8. The fourth-order valence-corrected chi connectivity index (χ4v) is 4.37. The number of fused-ring (bicyclic) bond motifs is 1. The molecule has 0 saturated carbocycles. The number of aliphatic hydroxyl groups is 1. The van der Waals surface area contributed by atoms with E-state index < -0.39 is 42.0 Å². The van der Waals surface area contributed by atoms with Gasteiger partial charge in [0.1, 0.15) is 12.1 Å². The number of nitrogens with one attached hydrogen (secondary N) is 4. The molecular weight excluding hydrogens is 500 g/mol. The van der Waals surface area contributed by atoms with Crippen molar-refractivity contribution in [2.24, 2.45) is 5.92 Å². The summed E-state index contributed by atoms with van der Waals surface area (Å²) in [6.45, 7) is 4.84. The van der Waals surface area contributed by atoms with Gasteiger partial charge in [-0.05, 0) is 35.4 Å². The lowest BCUT2D eigenvalue weighted by Gasteiger charge is -2.28. The SMILES string of the molecule is COC(=O)[C@H](O)[C@H](Cc1ccccc1)NC(=O)C(NC(=O)C(Cc1cc2ccccc2[nH]1)NC(C)=O)C(C)C. The van der Waals surface area contributed by atoms with Gasteiger partial charge in [-0.1, -0.05) is 62.4 Å². The van der Waals surface area contributed by atoms with Gasteiger partial charge in [0.25, 0.3) is 0 Å². The summed E-state index contributed by atoms with van der Waals surface area (Å²) in [4.78, 5) is 54.0. The Morgan fingerprint density at radius 3 is 2.18 bits per heavy atom. The molecule has 1 aromatic heterocycles. The second-order valence-corrected chi connectivity index (χ2v) is 9.84. The topological polar surface area (TPSA) is 150 Å². The van der Waals surface area contributed by atoms with Crippen LogP contribution in [0, 0.1) is 5.92 Å². The van der Waals surface area contributed by atoms with E-state index in [1.807, 2.05) is 60.7 Å². The normalized spacial score (nSPS) is 14.2. The van der Waals surface area contributed by atoms with E-state index in [4.69, 9.17) is 0 Å². The summed E-state index contributed by atoms with van der Waals surface area (Å²) in [6, 6.07) is 15.7. The summed E-state index contributed by atoms with van der Waals surface area (Å²) in [5.74, 6) is -2.72. The Balaban J connectivity index is 1.77. The lowest BCUT2D eigenvalue weighted by Crippen LogP contribution is -2.59. The van der Waals surface area contributed by atoms with E-state index in [1.165, 1.54) is 6.92 Å². The van der Waals surface area contributed by atoms with Crippen LogP contribution >= 0.6 is 0 Å². The number of benzene rings is 2. The van der Waals surface area contributed by atoms with Crippen LogP contribution in [0.4, 0.5) is 0 Å². The molecular formula is C29H36N4O6. The smallest absolute Gasteiger partial charge is 0.336 e. The molecule has 0 aliphatic rings. The lowest BCUT2D eigenvalue weighted by atomic mass is 9.98. The average Bonchev–Trinajstić information content (AvgIpc) is 3.32. The number of hydrogen-bond acceptors (Lipinski definition) is 6. The molecule has 5 N–H and O–H groups in total. The number of amides is 3. The summed E-state index contributed by atoms with van der Waals surface area (Å²) in [5, 5.41) is 19.7. The summed E-state index contributed by atoms with van der Waals surface area (Å²) >= 11 is 0. The second kappa shape index (κ2) is 13.6. The van der Waals surface area contributed by atoms with E-state index in [-0.39, 0.29) is 24.7 Å². The van der Waals surface area contributed by atoms with Gasteiger partial charge in [0.05, 0.1) is 13.2 Å². The fourth-order valence-electron chi connectivity index (χ4n) is 4.37. The third kappa shape index (κ3) is 8.15. The predicted molar refractivity (Wildman–Crippen MR) is 146 cm³/mol. The Labute approximate surface area is 227 Å². The first-order valence-electron chi connectivity index (χ1n) is 12.8. The minimum absolute atomic E-state index is 0.163. The number of rotatable bonds is 12. The van der Waals surface area contributed by atoms with Gasteiger partial charge in [-0.25, -0.2) is 4.79 Å². The van der Waals surface area contributed by atoms with Gasteiger partial charge in [-0.15, -0.1) is 0 Å². The maximum absolute atomic E-state index is 13.4. The third-order valence-electron chi connectivity index (χ3n) is 6.40. The maximum Gasteiger partial charge on any atom is 0.336 e. The lowest BCUT2D eigenvalue weighted by molar-refractivity contribution is -0.152. The number of aromatic amines is 1. The van der Waals surface area contributed by atoms with E-state index in [0.29, 0.717) is 0 Å². The Kier molecular flexibility index (Phi) is 10.2. The molecule has 0 aliphatic heterocycles. The van der Waals surface area contributed by atoms with E-state index in [0.717, 1.165) is 29.3 Å². The van der Waals surface area contributed by atoms with Gasteiger partial charge >= 0.3 is 5.97 Å². The molecule has 2 aromatic carbocycles. The zero-order chi connectivity index (χ0) is 28.5. The van der Waals surface area contributed by atoms with Crippen molar-refractivity contribution in [1.82, 2.24) is 20.9 Å². The van der Waals surface area contributed by atoms with E-state index in [2.05, 4.69) is 25.7 Å². The average molecular weight is 537 g/mol. The molecule has 0 spiro atoms. The first-order chi connectivity index (χ1) is 18.6. The summed E-state index contributed by atoms with van der Waals surface area (Å²) in [6.07, 6.45) is -1.27. The van der Waals surface area contributed by atoms with Crippen LogP contribution in [0.2, 0.25) is 0 Å². The van der Waals surface area contributed by atoms with Crippen LogP contribution < -0.4 is 16.0 Å². The van der Waals surface area contributed by atoms with Crippen molar-refractivity contribution in [1.29, 1.82) is 0 Å². The van der Waals surface area contributed by atoms with E-state index >= 15 is 0 Å². The second-order valence-electron chi connectivity index (χ2n) is 9.84. The largest absolute Gasteiger partial charge is 0.467 e. The van der Waals surface area contributed by atoms with Crippen LogP contribution in [-0.4, -0.2) is 65.1 Å². The standard InChI is InChI=1S/C29H36N4O6/c1-17(2)25(28(37)32-23(26(35)29(38)39-4)14-19-10-6-5-7-11-19)33-27(36)24(30-18(3)34)16-21-15-20-12-8-9-13-22(20)31-21/h5-13,15,17,23-26,31,35H,14,16H2,1-4H3,(H,30,34)(H,32,37)(H,33,36)/t23-,24?,25?,26+/m0/s1. The van der Waals surface area contributed by atoms with Crippen molar-refractivity contribution in [2.45, 2.75) is 57.8 Å². The molecule has 3 amide bonds. The van der Waals surface area contributed by atoms with E-state index in [1.54, 1.807) is 13.8 Å². The molecule has 2 unspecified atom stereocenters. The molecule has 0 saturated heterocycles. The van der Waals surface area contributed by atoms with Crippen LogP contribution in [0.5, 0.6) is 0 Å². The number of aliphatic hydroxyl groups excluding tert-OH is 1. The number of aromatic nitrogens is 1. The van der Waals surface area contributed by atoms with Crippen LogP contribution in [0.1, 0.15) is 32.0 Å². The van der Waals surface area contributed by atoms with Gasteiger partial charge in [0, 0.05) is 24.6 Å². The Morgan fingerprint density at radius 1 is 0.897 bits per heavy atom. The number of esters is 1. The summed E-state index contributed by atoms with van der Waals surface area (Å²) in [5.41, 5.74) is 2.45. The molecule has 3 rings (SSSR count). The highest BCUT2D eigenvalue weighted by atomic mass is 16.5. The predicted octanol–water partition coefficient (Wildman–Crippen LogP) is 1.62. The number of carbonyl (C=O) groups excluding carboxylic acids is 4. The fraction of sp³-hybridized carbons (Fsp3) is 0.379. The highest BCUT2D eigenvalue weighted by Crippen LogP contribution is 2.16. The van der Waals surface area contributed by atoms with Crippen LogP contribution in [0.25, 0.3) is 10.9 Å². The summed E-state index contributed by atoms with van der Waals surface area (Å²) in [7, 11) is 1.15. The quantitative estimate of drug-likeness (QED) is 0.222. The van der Waals surface area contributed by atoms with Crippen molar-refractivity contribution < 1.29 is 29.0 Å². The highest BCUT2D eigenvalue weighted by Gasteiger charge is 2.34. The number of methoxy groups -OCH3 is 1. The van der Waals surface area contributed by atoms with Gasteiger partial charge in [-0.2, -0.15) is 0 Å². The van der Waals surface area contributed by atoms with E-state index in [9.17, 15) is 24.3 Å². The maximum atomic E-state index is 13.4. The Bertz CT molecular complexity index is 1260. The summed E-state index contributed by atoms with van der Waals surface area (Å²) < 4.78 is 4.68. The van der Waals surface area contributed by atoms with Crippen LogP contribution in [0.3, 0.4) is 0 Å². The molecule has 10 nitrogen and oxygen atoms in total. The molecule has 39 heavy (non-hydrogen) atoms. The third-order valence-corrected chi connectivity index (χ3v) is 6.40. The zero-order valence-corrected chi connectivity index (χ0v) is 22.6. The Morgan fingerprint density at radius 2 is 1.56 bits per heavy atom. The molecule has 0 bridgehead atoms. The monoisotopic (exact) mass is 536 g/mol.